The van der Waals surface area contributed by atoms with Gasteiger partial charge in [-0.2, -0.15) is 0 Å². The lowest BCUT2D eigenvalue weighted by Crippen LogP contribution is -2.38. The number of aliphatic hydroxyl groups excluding tert-OH is 1. The number of aliphatic carboxylic acids is 1. The summed E-state index contributed by atoms with van der Waals surface area (Å²) in [6, 6.07) is 30.2. The van der Waals surface area contributed by atoms with Gasteiger partial charge in [-0.1, -0.05) is 91.9 Å². The number of carboxylic acid groups (broad SMARTS) is 2. The number of ether oxygens (including phenoxy) is 2. The molecule has 47 heavy (non-hydrogen) atoms. The molecule has 1 fully saturated rings. The van der Waals surface area contributed by atoms with Gasteiger partial charge in [0.1, 0.15) is 0 Å². The van der Waals surface area contributed by atoms with Crippen LogP contribution < -0.4 is 5.32 Å². The fraction of sp³-hybridized carbons (Fsp3) is 0.270. The van der Waals surface area contributed by atoms with E-state index in [2.05, 4.69) is 12.2 Å². The molecular formula is C37H37NO8S. The van der Waals surface area contributed by atoms with E-state index in [-0.39, 0.29) is 55.6 Å². The Balaban J connectivity index is 1.36. The summed E-state index contributed by atoms with van der Waals surface area (Å²) in [6.07, 6.45) is -1.57. The van der Waals surface area contributed by atoms with E-state index in [0.717, 1.165) is 33.4 Å². The molecular weight excluding hydrogens is 618 g/mol. The Labute approximate surface area is 277 Å². The van der Waals surface area contributed by atoms with Gasteiger partial charge < -0.3 is 30.1 Å². The molecule has 1 saturated heterocycles. The van der Waals surface area contributed by atoms with E-state index in [9.17, 15) is 24.6 Å². The molecule has 1 aliphatic rings. The highest BCUT2D eigenvalue weighted by atomic mass is 32.2. The fourth-order valence-corrected chi connectivity index (χ4v) is 6.74. The largest absolute Gasteiger partial charge is 0.481 e. The quantitative estimate of drug-likeness (QED) is 0.117. The highest BCUT2D eigenvalue weighted by Gasteiger charge is 2.38. The number of carboxylic acids is 2. The number of carbonyl (C=O) groups is 3. The summed E-state index contributed by atoms with van der Waals surface area (Å²) >= 11 is 1.45. The van der Waals surface area contributed by atoms with Gasteiger partial charge in [-0.3, -0.25) is 9.59 Å². The number of hydrogen-bond acceptors (Lipinski definition) is 7. The van der Waals surface area contributed by atoms with E-state index < -0.39 is 18.2 Å². The van der Waals surface area contributed by atoms with Crippen LogP contribution >= 0.6 is 11.8 Å². The second-order valence-electron chi connectivity index (χ2n) is 11.4. The Bertz CT molecular complexity index is 1690. The van der Waals surface area contributed by atoms with Crippen molar-refractivity contribution in [2.45, 2.75) is 56.3 Å². The van der Waals surface area contributed by atoms with Crippen LogP contribution in [0.4, 0.5) is 0 Å². The first-order chi connectivity index (χ1) is 22.7. The third-order valence-corrected chi connectivity index (χ3v) is 9.36. The van der Waals surface area contributed by atoms with Crippen LogP contribution in [0.3, 0.4) is 0 Å². The average Bonchev–Trinajstić information content (AvgIpc) is 3.09. The Morgan fingerprint density at radius 3 is 2.19 bits per heavy atom. The first kappa shape index (κ1) is 33.9. The molecule has 0 spiro atoms. The highest BCUT2D eigenvalue weighted by molar-refractivity contribution is 7.99. The number of aromatic carboxylic acids is 1. The summed E-state index contributed by atoms with van der Waals surface area (Å²) in [7, 11) is 0. The predicted octanol–water partition coefficient (Wildman–Crippen LogP) is 6.61. The van der Waals surface area contributed by atoms with Crippen LogP contribution in [0.1, 0.15) is 64.8 Å². The topological polar surface area (TPSA) is 142 Å². The molecule has 0 saturated carbocycles. The Hall–Kier alpha value is -4.48. The van der Waals surface area contributed by atoms with Crippen molar-refractivity contribution in [2.75, 3.05) is 5.75 Å². The third kappa shape index (κ3) is 8.66. The number of rotatable bonds is 13. The van der Waals surface area contributed by atoms with Gasteiger partial charge in [-0.15, -0.1) is 11.8 Å². The Kier molecular flexibility index (Phi) is 11.4. The maximum Gasteiger partial charge on any atom is 0.336 e. The minimum Gasteiger partial charge on any atom is -0.481 e. The molecule has 0 aliphatic carbocycles. The molecule has 5 rings (SSSR count). The number of carbonyl (C=O) groups excluding carboxylic acids is 1. The summed E-state index contributed by atoms with van der Waals surface area (Å²) in [5.41, 5.74) is 5.59. The summed E-state index contributed by atoms with van der Waals surface area (Å²) in [6.45, 7) is 2.28. The van der Waals surface area contributed by atoms with Crippen molar-refractivity contribution in [3.05, 3.63) is 125 Å². The number of aliphatic hydroxyl groups is 1. The molecule has 4 unspecified atom stereocenters. The predicted molar refractivity (Wildman–Crippen MR) is 178 cm³/mol. The molecule has 0 radical (unpaired) electrons. The second-order valence-corrected chi connectivity index (χ2v) is 12.4. The number of hydrogen-bond donors (Lipinski definition) is 4. The molecule has 244 valence electrons. The molecule has 1 heterocycles. The summed E-state index contributed by atoms with van der Waals surface area (Å²) < 4.78 is 13.1. The van der Waals surface area contributed by atoms with Crippen molar-refractivity contribution in [3.8, 4) is 11.1 Å². The van der Waals surface area contributed by atoms with Crippen molar-refractivity contribution in [1.29, 1.82) is 0 Å². The standard InChI is InChI=1S/C37H37NO8S/c1-23-31(22-47-32-9-5-4-8-30(32)36(43)44)45-37(46-35(23)26-12-10-24(21-39)11-13-26)27-16-14-25(15-17-27)29-7-3-2-6-28(29)20-38-33(40)18-19-34(41)42/h2-17,23,31,35,37,39H,18-22H2,1H3,(H,38,40)(H,41,42)(H,43,44). The summed E-state index contributed by atoms with van der Waals surface area (Å²) in [5, 5.41) is 30.9. The molecule has 4 N–H and O–H groups in total. The molecule has 0 bridgehead atoms. The van der Waals surface area contributed by atoms with Gasteiger partial charge in [-0.25, -0.2) is 4.79 Å². The zero-order chi connectivity index (χ0) is 33.3. The Morgan fingerprint density at radius 1 is 0.809 bits per heavy atom. The smallest absolute Gasteiger partial charge is 0.336 e. The van der Waals surface area contributed by atoms with Crippen LogP contribution in [0.15, 0.2) is 102 Å². The minimum atomic E-state index is -1.01. The van der Waals surface area contributed by atoms with Crippen molar-refractivity contribution >= 4 is 29.6 Å². The molecule has 4 aromatic carbocycles. The van der Waals surface area contributed by atoms with E-state index in [0.29, 0.717) is 10.6 Å². The number of thioether (sulfide) groups is 1. The molecule has 1 amide bonds. The van der Waals surface area contributed by atoms with Gasteiger partial charge in [0.2, 0.25) is 5.91 Å². The highest BCUT2D eigenvalue weighted by Crippen LogP contribution is 2.43. The van der Waals surface area contributed by atoms with Gasteiger partial charge in [0.25, 0.3) is 0 Å². The first-order valence-corrected chi connectivity index (χ1v) is 16.3. The van der Waals surface area contributed by atoms with Crippen LogP contribution in [0.2, 0.25) is 0 Å². The number of nitrogens with one attached hydrogen (secondary N) is 1. The molecule has 4 atom stereocenters. The van der Waals surface area contributed by atoms with E-state index in [4.69, 9.17) is 14.6 Å². The van der Waals surface area contributed by atoms with E-state index in [1.807, 2.05) is 78.9 Å². The number of amides is 1. The van der Waals surface area contributed by atoms with E-state index in [1.165, 1.54) is 11.8 Å². The second kappa shape index (κ2) is 15.9. The molecule has 10 heteroatoms. The summed E-state index contributed by atoms with van der Waals surface area (Å²) in [4.78, 5) is 35.4. The zero-order valence-electron chi connectivity index (χ0n) is 25.9. The van der Waals surface area contributed by atoms with E-state index >= 15 is 0 Å². The van der Waals surface area contributed by atoms with Crippen LogP contribution in [0.25, 0.3) is 11.1 Å². The van der Waals surface area contributed by atoms with Gasteiger partial charge in [-0.05, 0) is 39.9 Å². The van der Waals surface area contributed by atoms with Gasteiger partial charge in [0.05, 0.1) is 30.8 Å². The summed E-state index contributed by atoms with van der Waals surface area (Å²) in [5.74, 6) is -1.86. The lowest BCUT2D eigenvalue weighted by Gasteiger charge is -2.41. The molecule has 9 nitrogen and oxygen atoms in total. The SMILES string of the molecule is CC1C(CSc2ccccc2C(=O)O)OC(c2ccc(-c3ccccc3CNC(=O)CCC(=O)O)cc2)OC1c1ccc(CO)cc1. The molecule has 0 aromatic heterocycles. The molecule has 1 aliphatic heterocycles. The monoisotopic (exact) mass is 655 g/mol. The van der Waals surface area contributed by atoms with Crippen LogP contribution in [-0.4, -0.2) is 45.0 Å². The van der Waals surface area contributed by atoms with Gasteiger partial charge >= 0.3 is 11.9 Å². The fourth-order valence-electron chi connectivity index (χ4n) is 5.53. The number of benzene rings is 4. The third-order valence-electron chi connectivity index (χ3n) is 8.20. The van der Waals surface area contributed by atoms with E-state index in [1.54, 1.807) is 18.2 Å². The van der Waals surface area contributed by atoms with Gasteiger partial charge in [0, 0.05) is 35.1 Å². The van der Waals surface area contributed by atoms with Crippen LogP contribution in [0, 0.1) is 5.92 Å². The van der Waals surface area contributed by atoms with Crippen molar-refractivity contribution in [3.63, 3.8) is 0 Å². The lowest BCUT2D eigenvalue weighted by atomic mass is 9.91. The normalized spacial score (nSPS) is 19.2. The maximum absolute atomic E-state index is 12.1. The van der Waals surface area contributed by atoms with Crippen LogP contribution in [0.5, 0.6) is 0 Å². The lowest BCUT2D eigenvalue weighted by molar-refractivity contribution is -0.268. The van der Waals surface area contributed by atoms with Crippen LogP contribution in [-0.2, 0) is 32.2 Å². The van der Waals surface area contributed by atoms with Gasteiger partial charge in [0.15, 0.2) is 6.29 Å². The van der Waals surface area contributed by atoms with Crippen molar-refractivity contribution in [1.82, 2.24) is 5.32 Å². The van der Waals surface area contributed by atoms with Crippen molar-refractivity contribution < 1.29 is 39.2 Å². The maximum atomic E-state index is 12.1. The van der Waals surface area contributed by atoms with Crippen molar-refractivity contribution in [2.24, 2.45) is 5.92 Å². The Morgan fingerprint density at radius 2 is 1.49 bits per heavy atom. The first-order valence-electron chi connectivity index (χ1n) is 15.4. The minimum absolute atomic E-state index is 0.0537. The molecule has 4 aromatic rings. The zero-order valence-corrected chi connectivity index (χ0v) is 26.7. The average molecular weight is 656 g/mol.